The zero-order chi connectivity index (χ0) is 16.2. The molecule has 1 aromatic rings. The van der Waals surface area contributed by atoms with Gasteiger partial charge >= 0.3 is 18.2 Å². The first-order valence-corrected chi connectivity index (χ1v) is 6.59. The van der Waals surface area contributed by atoms with Crippen LogP contribution >= 0.6 is 0 Å². The smallest absolute Gasteiger partial charge is 0.454 e. The highest BCUT2D eigenvalue weighted by Gasteiger charge is 2.43. The fourth-order valence-corrected chi connectivity index (χ4v) is 2.02. The van der Waals surface area contributed by atoms with Crippen LogP contribution in [0.15, 0.2) is 30.3 Å². The average Bonchev–Trinajstić information content (AvgIpc) is 2.93. The summed E-state index contributed by atoms with van der Waals surface area (Å²) in [5, 5.41) is 0. The molecule has 22 heavy (non-hydrogen) atoms. The molecule has 0 radical (unpaired) electrons. The fraction of sp³-hybridized carbons (Fsp3) is 0.429. The van der Waals surface area contributed by atoms with Crippen LogP contribution in [0.3, 0.4) is 0 Å². The first-order valence-electron chi connectivity index (χ1n) is 6.59. The van der Waals surface area contributed by atoms with Crippen molar-refractivity contribution >= 4 is 12.1 Å². The number of rotatable bonds is 3. The third kappa shape index (κ3) is 4.37. The second kappa shape index (κ2) is 6.67. The molecule has 0 N–H and O–H groups in total. The van der Waals surface area contributed by atoms with E-state index in [1.54, 1.807) is 24.3 Å². The van der Waals surface area contributed by atoms with Gasteiger partial charge in [-0.1, -0.05) is 30.3 Å². The lowest BCUT2D eigenvalue weighted by Crippen LogP contribution is -2.34. The van der Waals surface area contributed by atoms with Crippen molar-refractivity contribution in [2.75, 3.05) is 13.1 Å². The first kappa shape index (κ1) is 16.1. The molecule has 1 amide bonds. The largest absolute Gasteiger partial charge is 0.490 e. The molecule has 1 saturated heterocycles. The van der Waals surface area contributed by atoms with Crippen LogP contribution < -0.4 is 0 Å². The molecule has 0 aromatic heterocycles. The quantitative estimate of drug-likeness (QED) is 0.804. The number of likely N-dealkylation sites (tertiary alicyclic amines) is 1. The first-order chi connectivity index (χ1) is 10.4. The van der Waals surface area contributed by atoms with E-state index >= 15 is 0 Å². The van der Waals surface area contributed by atoms with Gasteiger partial charge in [0, 0.05) is 13.0 Å². The molecule has 0 unspecified atom stereocenters. The van der Waals surface area contributed by atoms with E-state index in [9.17, 15) is 22.8 Å². The monoisotopic (exact) mass is 317 g/mol. The summed E-state index contributed by atoms with van der Waals surface area (Å²) >= 11 is 0. The van der Waals surface area contributed by atoms with Gasteiger partial charge in [0.15, 0.2) is 0 Å². The van der Waals surface area contributed by atoms with Gasteiger partial charge in [0.25, 0.3) is 0 Å². The molecular weight excluding hydrogens is 303 g/mol. The molecule has 1 aromatic carbocycles. The lowest BCUT2D eigenvalue weighted by Gasteiger charge is -2.17. The minimum Gasteiger partial charge on any atom is -0.454 e. The Bertz CT molecular complexity index is 533. The Labute approximate surface area is 124 Å². The highest BCUT2D eigenvalue weighted by Crippen LogP contribution is 2.21. The number of hydrogen-bond acceptors (Lipinski definition) is 4. The van der Waals surface area contributed by atoms with Crippen molar-refractivity contribution in [2.45, 2.75) is 25.3 Å². The van der Waals surface area contributed by atoms with Crippen LogP contribution in [0.4, 0.5) is 18.0 Å². The van der Waals surface area contributed by atoms with E-state index < -0.39 is 24.3 Å². The molecular formula is C14H14F3NO4. The minimum atomic E-state index is -5.03. The van der Waals surface area contributed by atoms with Crippen molar-refractivity contribution in [2.24, 2.45) is 0 Å². The Morgan fingerprint density at radius 1 is 1.23 bits per heavy atom. The number of ether oxygens (including phenoxy) is 2. The number of benzene rings is 1. The van der Waals surface area contributed by atoms with Gasteiger partial charge in [-0.05, 0) is 5.56 Å². The van der Waals surface area contributed by atoms with Gasteiger partial charge in [-0.2, -0.15) is 13.2 Å². The summed E-state index contributed by atoms with van der Waals surface area (Å²) in [6, 6.07) is 8.99. The predicted molar refractivity (Wildman–Crippen MR) is 68.8 cm³/mol. The van der Waals surface area contributed by atoms with Crippen LogP contribution in [0, 0.1) is 0 Å². The van der Waals surface area contributed by atoms with E-state index in [0.717, 1.165) is 5.56 Å². The zero-order valence-electron chi connectivity index (χ0n) is 11.5. The van der Waals surface area contributed by atoms with Crippen LogP contribution in [-0.2, 0) is 20.9 Å². The maximum Gasteiger partial charge on any atom is 0.490 e. The maximum atomic E-state index is 12.1. The van der Waals surface area contributed by atoms with Crippen LogP contribution in [-0.4, -0.2) is 42.3 Å². The summed E-state index contributed by atoms with van der Waals surface area (Å²) in [5.74, 6) is -2.24. The van der Waals surface area contributed by atoms with E-state index in [2.05, 4.69) is 4.74 Å². The Kier molecular flexibility index (Phi) is 4.89. The maximum absolute atomic E-state index is 12.1. The molecule has 1 fully saturated rings. The van der Waals surface area contributed by atoms with Crippen molar-refractivity contribution in [3.05, 3.63) is 35.9 Å². The van der Waals surface area contributed by atoms with Crippen molar-refractivity contribution in [1.29, 1.82) is 0 Å². The van der Waals surface area contributed by atoms with Crippen LogP contribution in [0.5, 0.6) is 0 Å². The van der Waals surface area contributed by atoms with E-state index in [1.165, 1.54) is 4.90 Å². The minimum absolute atomic E-state index is 0.0726. The number of halogens is 3. The summed E-state index contributed by atoms with van der Waals surface area (Å²) in [6.45, 7) is 0.155. The van der Waals surface area contributed by atoms with Crippen molar-refractivity contribution in [3.8, 4) is 0 Å². The standard InChI is InChI=1S/C14H14F3NO4/c15-14(16,17)12(19)22-11-6-7-18(8-11)13(20)21-9-10-4-2-1-3-5-10/h1-5,11H,6-9H2/t11-/m0/s1. The molecule has 1 aliphatic rings. The van der Waals surface area contributed by atoms with Gasteiger partial charge in [-0.25, -0.2) is 9.59 Å². The Morgan fingerprint density at radius 3 is 2.55 bits per heavy atom. The van der Waals surface area contributed by atoms with Gasteiger partial charge in [-0.3, -0.25) is 0 Å². The SMILES string of the molecule is O=C(OCc1ccccc1)N1CC[C@H](OC(=O)C(F)(F)F)C1. The second-order valence-corrected chi connectivity index (χ2v) is 4.80. The normalized spacial score (nSPS) is 18.1. The second-order valence-electron chi connectivity index (χ2n) is 4.80. The molecule has 5 nitrogen and oxygen atoms in total. The number of hydrogen-bond donors (Lipinski definition) is 0. The van der Waals surface area contributed by atoms with Gasteiger partial charge < -0.3 is 14.4 Å². The van der Waals surface area contributed by atoms with Crippen molar-refractivity contribution in [1.82, 2.24) is 4.90 Å². The fourth-order valence-electron chi connectivity index (χ4n) is 2.02. The van der Waals surface area contributed by atoms with Gasteiger partial charge in [-0.15, -0.1) is 0 Å². The molecule has 1 atom stereocenters. The molecule has 0 bridgehead atoms. The number of esters is 1. The summed E-state index contributed by atoms with van der Waals surface area (Å²) < 4.78 is 45.6. The number of alkyl halides is 3. The lowest BCUT2D eigenvalue weighted by molar-refractivity contribution is -0.204. The third-order valence-electron chi connectivity index (χ3n) is 3.11. The van der Waals surface area contributed by atoms with Crippen LogP contribution in [0.2, 0.25) is 0 Å². The van der Waals surface area contributed by atoms with E-state index in [-0.39, 0.29) is 26.1 Å². The Hall–Kier alpha value is -2.25. The summed E-state index contributed by atoms with van der Waals surface area (Å²) in [5.41, 5.74) is 0.801. The molecule has 1 aliphatic heterocycles. The number of amides is 1. The zero-order valence-corrected chi connectivity index (χ0v) is 11.5. The Balaban J connectivity index is 1.78. The summed E-state index contributed by atoms with van der Waals surface area (Å²) in [4.78, 5) is 23.7. The van der Waals surface area contributed by atoms with E-state index in [1.807, 2.05) is 6.07 Å². The number of nitrogens with zero attached hydrogens (tertiary/aromatic N) is 1. The number of carbonyl (C=O) groups excluding carboxylic acids is 2. The van der Waals surface area contributed by atoms with E-state index in [0.29, 0.717) is 0 Å². The topological polar surface area (TPSA) is 55.8 Å². The molecule has 0 saturated carbocycles. The van der Waals surface area contributed by atoms with E-state index in [4.69, 9.17) is 4.74 Å². The molecule has 120 valence electrons. The van der Waals surface area contributed by atoms with Crippen molar-refractivity contribution < 1.29 is 32.2 Å². The van der Waals surface area contributed by atoms with Crippen molar-refractivity contribution in [3.63, 3.8) is 0 Å². The van der Waals surface area contributed by atoms with Gasteiger partial charge in [0.2, 0.25) is 0 Å². The summed E-state index contributed by atoms with van der Waals surface area (Å²) in [7, 11) is 0. The highest BCUT2D eigenvalue weighted by molar-refractivity contribution is 5.76. The average molecular weight is 317 g/mol. The molecule has 8 heteroatoms. The molecule has 1 heterocycles. The third-order valence-corrected chi connectivity index (χ3v) is 3.11. The predicted octanol–water partition coefficient (Wildman–Crippen LogP) is 2.50. The molecule has 0 spiro atoms. The van der Waals surface area contributed by atoms with Gasteiger partial charge in [0.1, 0.15) is 12.7 Å². The van der Waals surface area contributed by atoms with Crippen LogP contribution in [0.25, 0.3) is 0 Å². The lowest BCUT2D eigenvalue weighted by atomic mass is 10.2. The summed E-state index contributed by atoms with van der Waals surface area (Å²) in [6.07, 6.45) is -6.48. The van der Waals surface area contributed by atoms with Crippen LogP contribution in [0.1, 0.15) is 12.0 Å². The molecule has 2 rings (SSSR count). The van der Waals surface area contributed by atoms with Gasteiger partial charge in [0.05, 0.1) is 6.54 Å². The molecule has 0 aliphatic carbocycles. The highest BCUT2D eigenvalue weighted by atomic mass is 19.4. The Morgan fingerprint density at radius 2 is 1.91 bits per heavy atom. The number of carbonyl (C=O) groups is 2.